The predicted molar refractivity (Wildman–Crippen MR) is 38.7 cm³/mol. The van der Waals surface area contributed by atoms with E-state index < -0.39 is 17.9 Å². The summed E-state index contributed by atoms with van der Waals surface area (Å²) < 4.78 is 36.6. The van der Waals surface area contributed by atoms with E-state index in [0.717, 1.165) is 12.1 Å². The molecule has 0 fully saturated rings. The molecule has 0 aliphatic heterocycles. The van der Waals surface area contributed by atoms with Gasteiger partial charge in [-0.1, -0.05) is 0 Å². The molecule has 0 atom stereocenters. The molecule has 0 bridgehead atoms. The highest BCUT2D eigenvalue weighted by Crippen LogP contribution is 2.18. The number of halogens is 4. The molecule has 0 radical (unpaired) electrons. The first kappa shape index (κ1) is 9.32. The molecule has 1 rings (SSSR count). The summed E-state index contributed by atoms with van der Waals surface area (Å²) in [5, 5.41) is 0. The fraction of sp³-hybridized carbons (Fsp3) is 0.286. The van der Waals surface area contributed by atoms with Crippen molar-refractivity contribution in [2.75, 3.05) is 0 Å². The molecule has 1 aromatic rings. The van der Waals surface area contributed by atoms with Gasteiger partial charge >= 0.3 is 0 Å². The van der Waals surface area contributed by atoms with E-state index in [1.807, 2.05) is 0 Å². The maximum atomic E-state index is 12.6. The lowest BCUT2D eigenvalue weighted by Gasteiger charge is -2.01. The lowest BCUT2D eigenvalue weighted by molar-refractivity contribution is 0.145. The summed E-state index contributed by atoms with van der Waals surface area (Å²) in [5.41, 5.74) is -0.596. The Morgan fingerprint density at radius 1 is 1.42 bits per heavy atom. The first-order chi connectivity index (χ1) is 5.65. The van der Waals surface area contributed by atoms with Crippen LogP contribution in [0.3, 0.4) is 0 Å². The molecule has 5 heteroatoms. The second-order valence-electron chi connectivity index (χ2n) is 2.10. The summed E-state index contributed by atoms with van der Waals surface area (Å²) in [6.45, 7) is 0. The summed E-state index contributed by atoms with van der Waals surface area (Å²) in [5.74, 6) is -0.860. The topological polar surface area (TPSA) is 12.9 Å². The number of alkyl halides is 3. The molecule has 0 saturated heterocycles. The van der Waals surface area contributed by atoms with E-state index in [1.165, 1.54) is 0 Å². The molecule has 0 aliphatic carbocycles. The minimum atomic E-state index is -2.69. The van der Waals surface area contributed by atoms with E-state index in [1.54, 1.807) is 0 Å². The molecule has 0 spiro atoms. The van der Waals surface area contributed by atoms with Gasteiger partial charge in [0.2, 0.25) is 0 Å². The average Bonchev–Trinajstić information content (AvgIpc) is 2.05. The molecular formula is C7H5ClF3N. The highest BCUT2D eigenvalue weighted by atomic mass is 35.5. The Morgan fingerprint density at radius 2 is 2.08 bits per heavy atom. The summed E-state index contributed by atoms with van der Waals surface area (Å²) in [7, 11) is 0. The van der Waals surface area contributed by atoms with Crippen molar-refractivity contribution >= 4 is 11.6 Å². The molecule has 0 unspecified atom stereocenters. The fourth-order valence-electron chi connectivity index (χ4n) is 0.716. The van der Waals surface area contributed by atoms with Crippen LogP contribution < -0.4 is 0 Å². The van der Waals surface area contributed by atoms with Crippen molar-refractivity contribution in [3.63, 3.8) is 0 Å². The molecule has 0 N–H and O–H groups in total. The first-order valence-corrected chi connectivity index (χ1v) is 3.68. The zero-order chi connectivity index (χ0) is 9.14. The second-order valence-corrected chi connectivity index (χ2v) is 2.37. The van der Waals surface area contributed by atoms with Crippen molar-refractivity contribution in [2.24, 2.45) is 0 Å². The lowest BCUT2D eigenvalue weighted by Crippen LogP contribution is -1.97. The maximum Gasteiger partial charge on any atom is 0.280 e. The lowest BCUT2D eigenvalue weighted by atomic mass is 10.3. The SMILES string of the molecule is Fc1ccc(C(F)F)nc1CCl. The Kier molecular flexibility index (Phi) is 2.92. The summed E-state index contributed by atoms with van der Waals surface area (Å²) in [6.07, 6.45) is -2.69. The largest absolute Gasteiger partial charge is 0.280 e. The number of hydrogen-bond acceptors (Lipinski definition) is 1. The molecule has 1 heterocycles. The Bertz CT molecular complexity index is 277. The van der Waals surface area contributed by atoms with Gasteiger partial charge in [-0.15, -0.1) is 11.6 Å². The van der Waals surface area contributed by atoms with Crippen LogP contribution in [0.25, 0.3) is 0 Å². The highest BCUT2D eigenvalue weighted by Gasteiger charge is 2.11. The van der Waals surface area contributed by atoms with Gasteiger partial charge in [0, 0.05) is 0 Å². The Balaban J connectivity index is 3.05. The predicted octanol–water partition coefficient (Wildman–Crippen LogP) is 2.90. The van der Waals surface area contributed by atoms with E-state index in [2.05, 4.69) is 4.98 Å². The highest BCUT2D eigenvalue weighted by molar-refractivity contribution is 6.16. The van der Waals surface area contributed by atoms with E-state index >= 15 is 0 Å². The number of aromatic nitrogens is 1. The van der Waals surface area contributed by atoms with Crippen molar-refractivity contribution in [3.8, 4) is 0 Å². The Hall–Kier alpha value is -0.770. The molecule has 0 saturated carbocycles. The summed E-state index contributed by atoms with van der Waals surface area (Å²) >= 11 is 5.26. The molecular weight excluding hydrogens is 191 g/mol. The number of rotatable bonds is 2. The van der Waals surface area contributed by atoms with Gasteiger partial charge in [-0.05, 0) is 12.1 Å². The molecule has 0 aliphatic rings. The quantitative estimate of drug-likeness (QED) is 0.662. The number of pyridine rings is 1. The number of hydrogen-bond donors (Lipinski definition) is 0. The van der Waals surface area contributed by atoms with Crippen LogP contribution in [0.5, 0.6) is 0 Å². The zero-order valence-electron chi connectivity index (χ0n) is 5.90. The molecule has 0 aromatic carbocycles. The Labute approximate surface area is 72.2 Å². The van der Waals surface area contributed by atoms with Crippen LogP contribution in [-0.4, -0.2) is 4.98 Å². The van der Waals surface area contributed by atoms with E-state index in [4.69, 9.17) is 11.6 Å². The van der Waals surface area contributed by atoms with Crippen LogP contribution in [0.4, 0.5) is 13.2 Å². The standard InChI is InChI=1S/C7H5ClF3N/c8-3-6-4(9)1-2-5(12-6)7(10)11/h1-2,7H,3H2. The molecule has 1 aromatic heterocycles. The first-order valence-electron chi connectivity index (χ1n) is 3.14. The molecule has 0 amide bonds. The van der Waals surface area contributed by atoms with Crippen LogP contribution in [0.1, 0.15) is 17.8 Å². The van der Waals surface area contributed by atoms with Crippen LogP contribution in [-0.2, 0) is 5.88 Å². The normalized spacial score (nSPS) is 10.8. The van der Waals surface area contributed by atoms with Gasteiger partial charge in [-0.25, -0.2) is 18.2 Å². The average molecular weight is 196 g/mol. The minimum absolute atomic E-state index is 0.144. The third-order valence-electron chi connectivity index (χ3n) is 1.29. The molecule has 12 heavy (non-hydrogen) atoms. The van der Waals surface area contributed by atoms with Gasteiger partial charge in [0.25, 0.3) is 6.43 Å². The van der Waals surface area contributed by atoms with Gasteiger partial charge in [-0.3, -0.25) is 0 Å². The van der Waals surface area contributed by atoms with Gasteiger partial charge < -0.3 is 0 Å². The summed E-state index contributed by atoms with van der Waals surface area (Å²) in [4.78, 5) is 3.33. The van der Waals surface area contributed by atoms with Gasteiger partial charge in [0.15, 0.2) is 0 Å². The van der Waals surface area contributed by atoms with Crippen LogP contribution in [0.2, 0.25) is 0 Å². The van der Waals surface area contributed by atoms with Crippen molar-refractivity contribution in [1.82, 2.24) is 4.98 Å². The maximum absolute atomic E-state index is 12.6. The van der Waals surface area contributed by atoms with Crippen molar-refractivity contribution in [3.05, 3.63) is 29.3 Å². The van der Waals surface area contributed by atoms with Crippen LogP contribution in [0.15, 0.2) is 12.1 Å². The van der Waals surface area contributed by atoms with Gasteiger partial charge in [0.1, 0.15) is 11.5 Å². The second kappa shape index (κ2) is 3.76. The van der Waals surface area contributed by atoms with Crippen molar-refractivity contribution in [2.45, 2.75) is 12.3 Å². The third-order valence-corrected chi connectivity index (χ3v) is 1.54. The van der Waals surface area contributed by atoms with E-state index in [-0.39, 0.29) is 11.6 Å². The van der Waals surface area contributed by atoms with Crippen LogP contribution >= 0.6 is 11.6 Å². The smallest absolute Gasteiger partial charge is 0.248 e. The van der Waals surface area contributed by atoms with E-state index in [9.17, 15) is 13.2 Å². The van der Waals surface area contributed by atoms with Crippen molar-refractivity contribution < 1.29 is 13.2 Å². The van der Waals surface area contributed by atoms with Crippen molar-refractivity contribution in [1.29, 1.82) is 0 Å². The number of nitrogens with zero attached hydrogens (tertiary/aromatic N) is 1. The van der Waals surface area contributed by atoms with Crippen LogP contribution in [0, 0.1) is 5.82 Å². The fourth-order valence-corrected chi connectivity index (χ4v) is 0.904. The Morgan fingerprint density at radius 3 is 2.58 bits per heavy atom. The minimum Gasteiger partial charge on any atom is -0.248 e. The molecule has 66 valence electrons. The zero-order valence-corrected chi connectivity index (χ0v) is 6.65. The third kappa shape index (κ3) is 1.88. The summed E-state index contributed by atoms with van der Waals surface area (Å²) in [6, 6.07) is 1.88. The van der Waals surface area contributed by atoms with Gasteiger partial charge in [0.05, 0.1) is 11.6 Å². The van der Waals surface area contributed by atoms with E-state index in [0.29, 0.717) is 0 Å². The van der Waals surface area contributed by atoms with Gasteiger partial charge in [-0.2, -0.15) is 0 Å². The monoisotopic (exact) mass is 195 g/mol. The molecule has 1 nitrogen and oxygen atoms in total.